The van der Waals surface area contributed by atoms with Crippen LogP contribution in [0.15, 0.2) is 18.2 Å². The van der Waals surface area contributed by atoms with Crippen molar-refractivity contribution in [3.63, 3.8) is 0 Å². The number of benzene rings is 1. The van der Waals surface area contributed by atoms with Crippen LogP contribution < -0.4 is 10.6 Å². The summed E-state index contributed by atoms with van der Waals surface area (Å²) in [5, 5.41) is 6.17. The number of aryl methyl sites for hydroxylation is 1. The van der Waals surface area contributed by atoms with Crippen molar-refractivity contribution in [2.24, 2.45) is 11.8 Å². The Morgan fingerprint density at radius 3 is 2.76 bits per heavy atom. The quantitative estimate of drug-likeness (QED) is 0.804. The Balaban J connectivity index is 1.70. The van der Waals surface area contributed by atoms with Crippen LogP contribution in [0.5, 0.6) is 0 Å². The largest absolute Gasteiger partial charge is 0.349 e. The first kappa shape index (κ1) is 10.7. The summed E-state index contributed by atoms with van der Waals surface area (Å²) >= 11 is 0. The molecule has 2 unspecified atom stereocenters. The molecule has 4 heteroatoms. The van der Waals surface area contributed by atoms with E-state index < -0.39 is 5.82 Å². The number of rotatable bonds is 2. The van der Waals surface area contributed by atoms with Crippen molar-refractivity contribution in [3.8, 4) is 0 Å². The summed E-state index contributed by atoms with van der Waals surface area (Å²) in [6.45, 7) is 3.74. The van der Waals surface area contributed by atoms with Gasteiger partial charge in [-0.2, -0.15) is 0 Å². The molecule has 17 heavy (non-hydrogen) atoms. The molecule has 1 aliphatic heterocycles. The van der Waals surface area contributed by atoms with Crippen molar-refractivity contribution in [2.45, 2.75) is 13.0 Å². The van der Waals surface area contributed by atoms with Crippen molar-refractivity contribution in [2.75, 3.05) is 13.1 Å². The molecule has 2 atom stereocenters. The third kappa shape index (κ3) is 1.82. The van der Waals surface area contributed by atoms with Gasteiger partial charge in [0, 0.05) is 19.1 Å². The molecular weight excluding hydrogens is 219 g/mol. The average molecular weight is 234 g/mol. The van der Waals surface area contributed by atoms with Gasteiger partial charge in [0.25, 0.3) is 5.91 Å². The molecule has 3 rings (SSSR count). The SMILES string of the molecule is Cc1ccc(C(=O)NC2C3CNCC32)c(F)c1. The van der Waals surface area contributed by atoms with Crippen molar-refractivity contribution in [3.05, 3.63) is 35.1 Å². The molecule has 1 aromatic carbocycles. The maximum atomic E-state index is 13.6. The molecule has 2 N–H and O–H groups in total. The first-order valence-corrected chi connectivity index (χ1v) is 5.94. The van der Waals surface area contributed by atoms with Crippen LogP contribution in [0.1, 0.15) is 15.9 Å². The van der Waals surface area contributed by atoms with E-state index in [1.807, 2.05) is 6.92 Å². The maximum Gasteiger partial charge on any atom is 0.254 e. The van der Waals surface area contributed by atoms with Gasteiger partial charge in [-0.3, -0.25) is 4.79 Å². The summed E-state index contributed by atoms with van der Waals surface area (Å²) in [6.07, 6.45) is 0. The summed E-state index contributed by atoms with van der Waals surface area (Å²) in [5.74, 6) is 0.369. The first-order chi connectivity index (χ1) is 8.16. The van der Waals surface area contributed by atoms with E-state index in [1.165, 1.54) is 6.07 Å². The molecule has 1 heterocycles. The van der Waals surface area contributed by atoms with Gasteiger partial charge in [-0.1, -0.05) is 6.07 Å². The topological polar surface area (TPSA) is 41.1 Å². The fourth-order valence-corrected chi connectivity index (χ4v) is 2.67. The molecule has 90 valence electrons. The van der Waals surface area contributed by atoms with Gasteiger partial charge in [-0.15, -0.1) is 0 Å². The van der Waals surface area contributed by atoms with E-state index in [-0.39, 0.29) is 17.5 Å². The minimum atomic E-state index is -0.438. The normalized spacial score (nSPS) is 29.9. The summed E-state index contributed by atoms with van der Waals surface area (Å²) in [4.78, 5) is 11.9. The third-order valence-electron chi connectivity index (χ3n) is 3.76. The second-order valence-electron chi connectivity index (χ2n) is 4.97. The Kier molecular flexibility index (Phi) is 2.40. The van der Waals surface area contributed by atoms with E-state index in [4.69, 9.17) is 0 Å². The zero-order valence-corrected chi connectivity index (χ0v) is 9.66. The lowest BCUT2D eigenvalue weighted by molar-refractivity contribution is 0.0942. The number of piperidine rings is 1. The highest BCUT2D eigenvalue weighted by Gasteiger charge is 2.53. The molecule has 2 fully saturated rings. The second-order valence-corrected chi connectivity index (χ2v) is 4.97. The van der Waals surface area contributed by atoms with Gasteiger partial charge in [0.15, 0.2) is 0 Å². The predicted octanol–water partition coefficient (Wildman–Crippen LogP) is 1.08. The highest BCUT2D eigenvalue weighted by Crippen LogP contribution is 2.41. The molecule has 0 bridgehead atoms. The van der Waals surface area contributed by atoms with Gasteiger partial charge in [-0.05, 0) is 36.5 Å². The molecule has 3 nitrogen and oxygen atoms in total. The highest BCUT2D eigenvalue weighted by atomic mass is 19.1. The second kappa shape index (κ2) is 3.81. The summed E-state index contributed by atoms with van der Waals surface area (Å²) in [7, 11) is 0. The Labute approximate surface area is 99.4 Å². The molecular formula is C13H15FN2O. The van der Waals surface area contributed by atoms with Crippen LogP contribution in [-0.2, 0) is 0 Å². The van der Waals surface area contributed by atoms with Crippen LogP contribution in [0, 0.1) is 24.6 Å². The maximum absolute atomic E-state index is 13.6. The van der Waals surface area contributed by atoms with Crippen LogP contribution in [0.2, 0.25) is 0 Å². The number of halogens is 1. The standard InChI is InChI=1S/C13H15FN2O/c1-7-2-3-8(11(14)4-7)13(17)16-12-9-5-15-6-10(9)12/h2-4,9-10,12,15H,5-6H2,1H3,(H,16,17). The Morgan fingerprint density at radius 1 is 1.41 bits per heavy atom. The zero-order chi connectivity index (χ0) is 12.0. The van der Waals surface area contributed by atoms with Crippen LogP contribution >= 0.6 is 0 Å². The predicted molar refractivity (Wildman–Crippen MR) is 62.2 cm³/mol. The van der Waals surface area contributed by atoms with Crippen molar-refractivity contribution in [1.82, 2.24) is 10.6 Å². The number of fused-ring (bicyclic) bond motifs is 1. The fourth-order valence-electron chi connectivity index (χ4n) is 2.67. The summed E-state index contributed by atoms with van der Waals surface area (Å²) in [5.41, 5.74) is 0.972. The number of hydrogen-bond donors (Lipinski definition) is 2. The smallest absolute Gasteiger partial charge is 0.254 e. The van der Waals surface area contributed by atoms with Crippen LogP contribution in [-0.4, -0.2) is 25.0 Å². The summed E-state index contributed by atoms with van der Waals surface area (Å²) < 4.78 is 13.6. The van der Waals surface area contributed by atoms with E-state index >= 15 is 0 Å². The average Bonchev–Trinajstić information content (AvgIpc) is 2.74. The molecule has 1 aliphatic carbocycles. The Bertz CT molecular complexity index is 464. The molecule has 1 amide bonds. The number of carbonyl (C=O) groups is 1. The third-order valence-corrected chi connectivity index (χ3v) is 3.76. The molecule has 0 spiro atoms. The number of carbonyl (C=O) groups excluding carboxylic acids is 1. The Morgan fingerprint density at radius 2 is 2.12 bits per heavy atom. The lowest BCUT2D eigenvalue weighted by Gasteiger charge is -2.08. The van der Waals surface area contributed by atoms with Crippen LogP contribution in [0.4, 0.5) is 4.39 Å². The number of amides is 1. The fraction of sp³-hybridized carbons (Fsp3) is 0.462. The van der Waals surface area contributed by atoms with E-state index in [2.05, 4.69) is 10.6 Å². The van der Waals surface area contributed by atoms with Crippen molar-refractivity contribution < 1.29 is 9.18 Å². The van der Waals surface area contributed by atoms with E-state index in [9.17, 15) is 9.18 Å². The molecule has 0 aromatic heterocycles. The van der Waals surface area contributed by atoms with Gasteiger partial charge >= 0.3 is 0 Å². The van der Waals surface area contributed by atoms with Crippen LogP contribution in [0.3, 0.4) is 0 Å². The number of nitrogens with one attached hydrogen (secondary N) is 2. The molecule has 1 saturated heterocycles. The molecule has 2 aliphatic rings. The lowest BCUT2D eigenvalue weighted by Crippen LogP contribution is -2.33. The zero-order valence-electron chi connectivity index (χ0n) is 9.66. The monoisotopic (exact) mass is 234 g/mol. The van der Waals surface area contributed by atoms with Crippen molar-refractivity contribution >= 4 is 5.91 Å². The minimum absolute atomic E-state index is 0.147. The Hall–Kier alpha value is -1.42. The first-order valence-electron chi connectivity index (χ1n) is 5.94. The van der Waals surface area contributed by atoms with Crippen LogP contribution in [0.25, 0.3) is 0 Å². The van der Waals surface area contributed by atoms with Gasteiger partial charge in [0.2, 0.25) is 0 Å². The lowest BCUT2D eigenvalue weighted by atomic mass is 10.1. The summed E-state index contributed by atoms with van der Waals surface area (Å²) in [6, 6.07) is 4.94. The number of hydrogen-bond acceptors (Lipinski definition) is 2. The minimum Gasteiger partial charge on any atom is -0.349 e. The van der Waals surface area contributed by atoms with E-state index in [1.54, 1.807) is 12.1 Å². The van der Waals surface area contributed by atoms with E-state index in [0.29, 0.717) is 11.8 Å². The van der Waals surface area contributed by atoms with Gasteiger partial charge in [0.1, 0.15) is 5.82 Å². The molecule has 1 aromatic rings. The van der Waals surface area contributed by atoms with Gasteiger partial charge in [0.05, 0.1) is 5.56 Å². The molecule has 0 radical (unpaired) electrons. The molecule has 1 saturated carbocycles. The van der Waals surface area contributed by atoms with Gasteiger partial charge in [-0.25, -0.2) is 4.39 Å². The van der Waals surface area contributed by atoms with Gasteiger partial charge < -0.3 is 10.6 Å². The van der Waals surface area contributed by atoms with Crippen molar-refractivity contribution in [1.29, 1.82) is 0 Å². The highest BCUT2D eigenvalue weighted by molar-refractivity contribution is 5.95. The van der Waals surface area contributed by atoms with E-state index in [0.717, 1.165) is 18.7 Å².